The summed E-state index contributed by atoms with van der Waals surface area (Å²) in [5.41, 5.74) is 6.63. The standard InChI is InChI=1S/C16H24N2O3/c1-4-6-11-9-18(10-12(11)17)16(19)15-13(20-2)7-5-8-14(15)21-3/h5,7-8,11-12H,4,6,9-10,17H2,1-3H3/t11-,12-/m0/s1. The van der Waals surface area contributed by atoms with E-state index in [9.17, 15) is 4.79 Å². The van der Waals surface area contributed by atoms with E-state index in [4.69, 9.17) is 15.2 Å². The summed E-state index contributed by atoms with van der Waals surface area (Å²) in [4.78, 5) is 14.6. The Morgan fingerprint density at radius 3 is 2.43 bits per heavy atom. The van der Waals surface area contributed by atoms with E-state index in [1.807, 2.05) is 11.0 Å². The molecule has 1 heterocycles. The number of hydrogen-bond donors (Lipinski definition) is 1. The smallest absolute Gasteiger partial charge is 0.261 e. The molecule has 5 nitrogen and oxygen atoms in total. The first-order chi connectivity index (χ1) is 10.1. The minimum Gasteiger partial charge on any atom is -0.496 e. The van der Waals surface area contributed by atoms with Crippen molar-refractivity contribution in [1.29, 1.82) is 0 Å². The topological polar surface area (TPSA) is 64.8 Å². The fourth-order valence-electron chi connectivity index (χ4n) is 2.96. The minimum absolute atomic E-state index is 0.0506. The highest BCUT2D eigenvalue weighted by atomic mass is 16.5. The molecule has 5 heteroatoms. The van der Waals surface area contributed by atoms with E-state index in [1.165, 1.54) is 0 Å². The molecule has 0 spiro atoms. The fraction of sp³-hybridized carbons (Fsp3) is 0.562. The molecule has 0 unspecified atom stereocenters. The van der Waals surface area contributed by atoms with Gasteiger partial charge in [-0.3, -0.25) is 4.79 Å². The van der Waals surface area contributed by atoms with E-state index < -0.39 is 0 Å². The normalized spacial score (nSPS) is 21.4. The lowest BCUT2D eigenvalue weighted by Gasteiger charge is -2.19. The second-order valence-corrected chi connectivity index (χ2v) is 5.46. The van der Waals surface area contributed by atoms with Crippen LogP contribution in [0.3, 0.4) is 0 Å². The molecule has 1 aliphatic heterocycles. The van der Waals surface area contributed by atoms with Crippen LogP contribution in [0.25, 0.3) is 0 Å². The van der Waals surface area contributed by atoms with E-state index in [1.54, 1.807) is 26.4 Å². The Labute approximate surface area is 126 Å². The van der Waals surface area contributed by atoms with E-state index in [0.29, 0.717) is 36.1 Å². The number of methoxy groups -OCH3 is 2. The third-order valence-electron chi connectivity index (χ3n) is 4.08. The summed E-state index contributed by atoms with van der Waals surface area (Å²) in [6, 6.07) is 5.41. The van der Waals surface area contributed by atoms with Gasteiger partial charge in [-0.25, -0.2) is 0 Å². The van der Waals surface area contributed by atoms with Crippen LogP contribution in [0.5, 0.6) is 11.5 Å². The highest BCUT2D eigenvalue weighted by Crippen LogP contribution is 2.31. The molecule has 1 aliphatic rings. The van der Waals surface area contributed by atoms with Gasteiger partial charge in [0.25, 0.3) is 5.91 Å². The molecule has 2 rings (SSSR count). The van der Waals surface area contributed by atoms with E-state index >= 15 is 0 Å². The van der Waals surface area contributed by atoms with Crippen LogP contribution in [-0.4, -0.2) is 44.2 Å². The maximum atomic E-state index is 12.8. The zero-order valence-electron chi connectivity index (χ0n) is 13.0. The number of likely N-dealkylation sites (tertiary alicyclic amines) is 1. The van der Waals surface area contributed by atoms with Gasteiger partial charge in [0.05, 0.1) is 14.2 Å². The van der Waals surface area contributed by atoms with Crippen molar-refractivity contribution in [2.75, 3.05) is 27.3 Å². The Kier molecular flexibility index (Phi) is 5.07. The Bertz CT molecular complexity index is 482. The van der Waals surface area contributed by atoms with Gasteiger partial charge in [0.15, 0.2) is 0 Å². The number of carbonyl (C=O) groups excluding carboxylic acids is 1. The molecular formula is C16H24N2O3. The van der Waals surface area contributed by atoms with Gasteiger partial charge in [-0.05, 0) is 24.5 Å². The summed E-state index contributed by atoms with van der Waals surface area (Å²) in [7, 11) is 3.11. The van der Waals surface area contributed by atoms with Crippen LogP contribution in [-0.2, 0) is 0 Å². The van der Waals surface area contributed by atoms with Gasteiger partial charge < -0.3 is 20.1 Å². The first kappa shape index (κ1) is 15.6. The van der Waals surface area contributed by atoms with Gasteiger partial charge in [0.1, 0.15) is 17.1 Å². The van der Waals surface area contributed by atoms with E-state index in [2.05, 4.69) is 6.92 Å². The monoisotopic (exact) mass is 292 g/mol. The van der Waals surface area contributed by atoms with Gasteiger partial charge in [0, 0.05) is 19.1 Å². The molecule has 1 aromatic rings. The van der Waals surface area contributed by atoms with Crippen LogP contribution >= 0.6 is 0 Å². The van der Waals surface area contributed by atoms with Crippen LogP contribution in [0.15, 0.2) is 18.2 Å². The summed E-state index contributed by atoms with van der Waals surface area (Å²) >= 11 is 0. The molecule has 0 aromatic heterocycles. The molecule has 2 N–H and O–H groups in total. The zero-order valence-corrected chi connectivity index (χ0v) is 13.0. The van der Waals surface area contributed by atoms with Gasteiger partial charge in [-0.15, -0.1) is 0 Å². The Morgan fingerprint density at radius 2 is 1.90 bits per heavy atom. The predicted molar refractivity (Wildman–Crippen MR) is 81.8 cm³/mol. The molecular weight excluding hydrogens is 268 g/mol. The molecule has 0 radical (unpaired) electrons. The highest BCUT2D eigenvalue weighted by Gasteiger charge is 2.34. The van der Waals surface area contributed by atoms with Crippen molar-refractivity contribution >= 4 is 5.91 Å². The second kappa shape index (κ2) is 6.80. The average Bonchev–Trinajstić information content (AvgIpc) is 2.87. The molecule has 1 saturated heterocycles. The van der Waals surface area contributed by atoms with Gasteiger partial charge in [0.2, 0.25) is 0 Å². The molecule has 0 saturated carbocycles. The summed E-state index contributed by atoms with van der Waals surface area (Å²) in [6.45, 7) is 3.43. The van der Waals surface area contributed by atoms with Gasteiger partial charge in [-0.1, -0.05) is 19.4 Å². The first-order valence-electron chi connectivity index (χ1n) is 7.38. The number of rotatable bonds is 5. The zero-order chi connectivity index (χ0) is 15.4. The van der Waals surface area contributed by atoms with Crippen molar-refractivity contribution in [1.82, 2.24) is 4.90 Å². The molecule has 0 bridgehead atoms. The molecule has 2 atom stereocenters. The molecule has 116 valence electrons. The van der Waals surface area contributed by atoms with E-state index in [0.717, 1.165) is 12.8 Å². The molecule has 1 amide bonds. The lowest BCUT2D eigenvalue weighted by atomic mass is 9.99. The number of carbonyl (C=O) groups is 1. The van der Waals surface area contributed by atoms with Crippen molar-refractivity contribution in [3.8, 4) is 11.5 Å². The lowest BCUT2D eigenvalue weighted by Crippen LogP contribution is -2.32. The summed E-state index contributed by atoms with van der Waals surface area (Å²) in [6.07, 6.45) is 2.13. The number of ether oxygens (including phenoxy) is 2. The quantitative estimate of drug-likeness (QED) is 0.900. The summed E-state index contributed by atoms with van der Waals surface area (Å²) in [5, 5.41) is 0. The average molecular weight is 292 g/mol. The Balaban J connectivity index is 2.25. The largest absolute Gasteiger partial charge is 0.496 e. The Hall–Kier alpha value is -1.75. The first-order valence-corrected chi connectivity index (χ1v) is 7.38. The van der Waals surface area contributed by atoms with Crippen LogP contribution in [0.4, 0.5) is 0 Å². The van der Waals surface area contributed by atoms with Crippen molar-refractivity contribution < 1.29 is 14.3 Å². The molecule has 0 aliphatic carbocycles. The SMILES string of the molecule is CCC[C@H]1CN(C(=O)c2c(OC)cccc2OC)C[C@@H]1N. The number of amides is 1. The van der Waals surface area contributed by atoms with Crippen molar-refractivity contribution in [3.63, 3.8) is 0 Å². The maximum absolute atomic E-state index is 12.8. The number of benzene rings is 1. The third-order valence-corrected chi connectivity index (χ3v) is 4.08. The van der Waals surface area contributed by atoms with E-state index in [-0.39, 0.29) is 11.9 Å². The number of hydrogen-bond acceptors (Lipinski definition) is 4. The van der Waals surface area contributed by atoms with Crippen molar-refractivity contribution in [3.05, 3.63) is 23.8 Å². The van der Waals surface area contributed by atoms with Gasteiger partial charge in [-0.2, -0.15) is 0 Å². The minimum atomic E-state index is -0.0710. The number of nitrogens with zero attached hydrogens (tertiary/aromatic N) is 1. The number of nitrogens with two attached hydrogens (primary N) is 1. The summed E-state index contributed by atoms with van der Waals surface area (Å²) < 4.78 is 10.6. The van der Waals surface area contributed by atoms with Crippen LogP contribution in [0, 0.1) is 5.92 Å². The highest BCUT2D eigenvalue weighted by molar-refractivity contribution is 6.00. The van der Waals surface area contributed by atoms with Crippen molar-refractivity contribution in [2.45, 2.75) is 25.8 Å². The van der Waals surface area contributed by atoms with Crippen LogP contribution in [0.2, 0.25) is 0 Å². The molecule has 1 fully saturated rings. The van der Waals surface area contributed by atoms with Crippen molar-refractivity contribution in [2.24, 2.45) is 11.7 Å². The fourth-order valence-corrected chi connectivity index (χ4v) is 2.96. The summed E-state index contributed by atoms with van der Waals surface area (Å²) in [5.74, 6) is 1.37. The van der Waals surface area contributed by atoms with Gasteiger partial charge >= 0.3 is 0 Å². The molecule has 21 heavy (non-hydrogen) atoms. The molecule has 1 aromatic carbocycles. The van der Waals surface area contributed by atoms with Crippen LogP contribution in [0.1, 0.15) is 30.1 Å². The second-order valence-electron chi connectivity index (χ2n) is 5.46. The Morgan fingerprint density at radius 1 is 1.29 bits per heavy atom. The maximum Gasteiger partial charge on any atom is 0.261 e. The predicted octanol–water partition coefficient (Wildman–Crippen LogP) is 1.90. The third kappa shape index (κ3) is 3.13. The van der Waals surface area contributed by atoms with Crippen LogP contribution < -0.4 is 15.2 Å². The lowest BCUT2D eigenvalue weighted by molar-refractivity contribution is 0.0778.